The lowest BCUT2D eigenvalue weighted by atomic mass is 10.2. The molecule has 0 N–H and O–H groups in total. The molecule has 1 aliphatic rings. The Morgan fingerprint density at radius 2 is 1.93 bits per heavy atom. The highest BCUT2D eigenvalue weighted by atomic mass is 35.5. The van der Waals surface area contributed by atoms with Crippen LogP contribution < -0.4 is 4.90 Å². The zero-order valence-corrected chi connectivity index (χ0v) is 16.7. The molecule has 0 aliphatic carbocycles. The van der Waals surface area contributed by atoms with Crippen LogP contribution >= 0.6 is 11.6 Å². The van der Waals surface area contributed by atoms with Crippen LogP contribution in [0.4, 0.5) is 5.69 Å². The van der Waals surface area contributed by atoms with Crippen molar-refractivity contribution in [3.8, 4) is 11.9 Å². The Morgan fingerprint density at radius 3 is 2.66 bits per heavy atom. The second kappa shape index (κ2) is 7.94. The van der Waals surface area contributed by atoms with Crippen LogP contribution in [0.15, 0.2) is 48.7 Å². The second-order valence-electron chi connectivity index (χ2n) is 6.83. The van der Waals surface area contributed by atoms with Crippen molar-refractivity contribution in [2.24, 2.45) is 0 Å². The molecule has 146 valence electrons. The number of benzene rings is 1. The fourth-order valence-corrected chi connectivity index (χ4v) is 3.65. The Labute approximate surface area is 173 Å². The van der Waals surface area contributed by atoms with Crippen LogP contribution in [-0.2, 0) is 0 Å². The van der Waals surface area contributed by atoms with E-state index in [-0.39, 0.29) is 5.91 Å². The third-order valence-corrected chi connectivity index (χ3v) is 5.13. The Hall–Kier alpha value is -3.37. The Kier molecular flexibility index (Phi) is 5.19. The summed E-state index contributed by atoms with van der Waals surface area (Å²) in [4.78, 5) is 21.5. The summed E-state index contributed by atoms with van der Waals surface area (Å²) in [5, 5.41) is 14.5. The van der Waals surface area contributed by atoms with Gasteiger partial charge in [0.2, 0.25) is 0 Å². The lowest BCUT2D eigenvalue weighted by Gasteiger charge is -2.36. The number of amides is 1. The van der Waals surface area contributed by atoms with E-state index >= 15 is 0 Å². The normalized spacial score (nSPS) is 14.0. The maximum absolute atomic E-state index is 13.2. The zero-order valence-electron chi connectivity index (χ0n) is 15.9. The number of hydrogen-bond donors (Lipinski definition) is 0. The first-order chi connectivity index (χ1) is 14.1. The molecule has 1 aromatic carbocycles. The van der Waals surface area contributed by atoms with Gasteiger partial charge in [0.25, 0.3) is 5.91 Å². The molecule has 3 aromatic rings. The molecule has 0 radical (unpaired) electrons. The number of nitrogens with zero attached hydrogens (tertiary/aromatic N) is 6. The van der Waals surface area contributed by atoms with Gasteiger partial charge in [-0.3, -0.25) is 4.79 Å². The van der Waals surface area contributed by atoms with E-state index in [1.165, 1.54) is 4.68 Å². The third kappa shape index (κ3) is 3.80. The molecule has 0 atom stereocenters. The predicted octanol–water partition coefficient (Wildman–Crippen LogP) is 3.06. The molecule has 4 rings (SSSR count). The molecule has 1 fully saturated rings. The summed E-state index contributed by atoms with van der Waals surface area (Å²) in [5.41, 5.74) is 2.53. The number of rotatable bonds is 3. The molecule has 3 heterocycles. The first-order valence-corrected chi connectivity index (χ1v) is 9.66. The van der Waals surface area contributed by atoms with E-state index in [1.807, 2.05) is 36.1 Å². The number of hydrogen-bond acceptors (Lipinski definition) is 5. The molecular weight excluding hydrogens is 388 g/mol. The van der Waals surface area contributed by atoms with Gasteiger partial charge in [0.15, 0.2) is 5.82 Å². The van der Waals surface area contributed by atoms with E-state index < -0.39 is 0 Å². The van der Waals surface area contributed by atoms with Gasteiger partial charge in [-0.2, -0.15) is 10.4 Å². The van der Waals surface area contributed by atoms with E-state index in [4.69, 9.17) is 11.6 Å². The van der Waals surface area contributed by atoms with Gasteiger partial charge in [0.1, 0.15) is 11.8 Å². The molecular formula is C21H19ClN6O. The third-order valence-electron chi connectivity index (χ3n) is 4.90. The van der Waals surface area contributed by atoms with Gasteiger partial charge in [-0.1, -0.05) is 17.7 Å². The van der Waals surface area contributed by atoms with Crippen LogP contribution in [0.2, 0.25) is 5.02 Å². The fraction of sp³-hybridized carbons (Fsp3) is 0.238. The number of nitriles is 1. The summed E-state index contributed by atoms with van der Waals surface area (Å²) in [6.45, 7) is 4.42. The molecule has 0 bridgehead atoms. The quantitative estimate of drug-likeness (QED) is 0.668. The first kappa shape index (κ1) is 19.0. The van der Waals surface area contributed by atoms with Crippen molar-refractivity contribution in [3.63, 3.8) is 0 Å². The van der Waals surface area contributed by atoms with Crippen LogP contribution in [0.1, 0.15) is 21.7 Å². The number of carbonyl (C=O) groups is 1. The number of aromatic nitrogens is 3. The second-order valence-corrected chi connectivity index (χ2v) is 7.26. The van der Waals surface area contributed by atoms with Crippen LogP contribution in [-0.4, -0.2) is 51.8 Å². The Bertz CT molecular complexity index is 1090. The summed E-state index contributed by atoms with van der Waals surface area (Å²) in [7, 11) is 0. The smallest absolute Gasteiger partial charge is 0.272 e. The first-order valence-electron chi connectivity index (χ1n) is 9.29. The minimum atomic E-state index is -0.120. The Morgan fingerprint density at radius 1 is 1.14 bits per heavy atom. The van der Waals surface area contributed by atoms with E-state index in [2.05, 4.69) is 21.1 Å². The molecule has 0 spiro atoms. The molecule has 29 heavy (non-hydrogen) atoms. The summed E-state index contributed by atoms with van der Waals surface area (Å²) in [6.07, 6.45) is 1.59. The van der Waals surface area contributed by atoms with E-state index in [1.54, 1.807) is 24.4 Å². The lowest BCUT2D eigenvalue weighted by Crippen LogP contribution is -2.49. The highest BCUT2D eigenvalue weighted by Gasteiger charge is 2.26. The van der Waals surface area contributed by atoms with Crippen molar-refractivity contribution in [2.45, 2.75) is 6.92 Å². The van der Waals surface area contributed by atoms with Crippen LogP contribution in [0.3, 0.4) is 0 Å². The van der Waals surface area contributed by atoms with Gasteiger partial charge < -0.3 is 9.80 Å². The van der Waals surface area contributed by atoms with Crippen LogP contribution in [0, 0.1) is 18.3 Å². The predicted molar refractivity (Wildman–Crippen MR) is 110 cm³/mol. The minimum absolute atomic E-state index is 0.120. The number of anilines is 1. The van der Waals surface area contributed by atoms with Gasteiger partial charge >= 0.3 is 0 Å². The maximum Gasteiger partial charge on any atom is 0.272 e. The maximum atomic E-state index is 13.2. The fourth-order valence-electron chi connectivity index (χ4n) is 3.47. The zero-order chi connectivity index (χ0) is 20.4. The average molecular weight is 407 g/mol. The Balaban J connectivity index is 1.55. The van der Waals surface area contributed by atoms with Crippen molar-refractivity contribution in [3.05, 3.63) is 70.6 Å². The standard InChI is InChI=1S/C21H19ClN6O/c1-15-12-19(28(25-15)20-16(14-23)4-3-7-24-20)21(29)27-10-8-26(9-11-27)18-6-2-5-17(22)13-18/h2-7,12-13H,8-11H2,1H3. The van der Waals surface area contributed by atoms with Gasteiger partial charge in [-0.15, -0.1) is 0 Å². The van der Waals surface area contributed by atoms with Crippen molar-refractivity contribution in [2.75, 3.05) is 31.1 Å². The lowest BCUT2D eigenvalue weighted by molar-refractivity contribution is 0.0737. The molecule has 1 amide bonds. The number of pyridine rings is 1. The molecule has 0 saturated carbocycles. The van der Waals surface area contributed by atoms with Crippen molar-refractivity contribution < 1.29 is 4.79 Å². The van der Waals surface area contributed by atoms with E-state index in [0.29, 0.717) is 54.0 Å². The van der Waals surface area contributed by atoms with Crippen LogP contribution in [0.25, 0.3) is 5.82 Å². The van der Waals surface area contributed by atoms with Gasteiger partial charge in [-0.25, -0.2) is 9.67 Å². The van der Waals surface area contributed by atoms with E-state index in [0.717, 1.165) is 5.69 Å². The molecule has 2 aromatic heterocycles. The average Bonchev–Trinajstić information content (AvgIpc) is 3.14. The van der Waals surface area contributed by atoms with Crippen molar-refractivity contribution in [1.29, 1.82) is 5.26 Å². The van der Waals surface area contributed by atoms with Crippen molar-refractivity contribution >= 4 is 23.2 Å². The monoisotopic (exact) mass is 406 g/mol. The summed E-state index contributed by atoms with van der Waals surface area (Å²) >= 11 is 6.10. The van der Waals surface area contributed by atoms with Gasteiger partial charge in [0, 0.05) is 43.1 Å². The van der Waals surface area contributed by atoms with Crippen LogP contribution in [0.5, 0.6) is 0 Å². The highest BCUT2D eigenvalue weighted by molar-refractivity contribution is 6.30. The number of halogens is 1. The molecule has 1 saturated heterocycles. The molecule has 8 heteroatoms. The number of piperazine rings is 1. The van der Waals surface area contributed by atoms with Crippen molar-refractivity contribution in [1.82, 2.24) is 19.7 Å². The number of carbonyl (C=O) groups excluding carboxylic acids is 1. The van der Waals surface area contributed by atoms with Gasteiger partial charge in [0.05, 0.1) is 11.3 Å². The summed E-state index contributed by atoms with van der Waals surface area (Å²) < 4.78 is 1.47. The van der Waals surface area contributed by atoms with E-state index in [9.17, 15) is 10.1 Å². The highest BCUT2D eigenvalue weighted by Crippen LogP contribution is 2.22. The summed E-state index contributed by atoms with van der Waals surface area (Å²) in [5.74, 6) is 0.245. The van der Waals surface area contributed by atoms with Gasteiger partial charge in [-0.05, 0) is 43.3 Å². The molecule has 7 nitrogen and oxygen atoms in total. The number of aryl methyl sites for hydroxylation is 1. The topological polar surface area (TPSA) is 78.0 Å². The molecule has 1 aliphatic heterocycles. The largest absolute Gasteiger partial charge is 0.368 e. The SMILES string of the molecule is Cc1cc(C(=O)N2CCN(c3cccc(Cl)c3)CC2)n(-c2ncccc2C#N)n1. The summed E-state index contributed by atoms with van der Waals surface area (Å²) in [6, 6.07) is 14.9. The molecule has 0 unspecified atom stereocenters. The minimum Gasteiger partial charge on any atom is -0.368 e.